The van der Waals surface area contributed by atoms with Gasteiger partial charge in [0.05, 0.1) is 33.1 Å². The lowest BCUT2D eigenvalue weighted by Gasteiger charge is -2.22. The number of benzene rings is 8. The fourth-order valence-corrected chi connectivity index (χ4v) is 9.90. The number of hydrogen-bond donors (Lipinski definition) is 0. The third-order valence-electron chi connectivity index (χ3n) is 12.2. The molecular weight excluding hydrogens is 655 g/mol. The zero-order valence-electron chi connectivity index (χ0n) is 30.1. The first-order valence-corrected chi connectivity index (χ1v) is 18.9. The highest BCUT2D eigenvalue weighted by Gasteiger charge is 2.35. The number of fused-ring (bicyclic) bond motifs is 14. The van der Waals surface area contributed by atoms with Crippen LogP contribution in [-0.2, 0) is 5.41 Å². The normalized spacial score (nSPS) is 13.5. The Balaban J connectivity index is 1.24. The van der Waals surface area contributed by atoms with Crippen molar-refractivity contribution >= 4 is 65.4 Å². The number of hydrogen-bond acceptors (Lipinski definition) is 0. The SMILES string of the molecule is CC1(C)c2ccccc2-c2ccc(-n3c4ccccc4c4c3ccc3c5ccc6c(c7ccccc7n6-c6ccccc6)c5n(-c5ccccc5)c34)cc21. The molecule has 1 aliphatic carbocycles. The molecule has 0 unspecified atom stereocenters. The minimum absolute atomic E-state index is 0.0853. The summed E-state index contributed by atoms with van der Waals surface area (Å²) < 4.78 is 7.47. The van der Waals surface area contributed by atoms with Crippen LogP contribution in [0, 0.1) is 0 Å². The Hall–Kier alpha value is -6.84. The minimum Gasteiger partial charge on any atom is -0.309 e. The summed E-state index contributed by atoms with van der Waals surface area (Å²) in [5, 5.41) is 7.56. The molecule has 3 aromatic heterocycles. The van der Waals surface area contributed by atoms with E-state index in [-0.39, 0.29) is 5.41 Å². The van der Waals surface area contributed by atoms with Crippen molar-refractivity contribution in [2.45, 2.75) is 19.3 Å². The van der Waals surface area contributed by atoms with E-state index in [9.17, 15) is 0 Å². The Bertz CT molecular complexity index is 3340. The predicted molar refractivity (Wildman–Crippen MR) is 227 cm³/mol. The summed E-state index contributed by atoms with van der Waals surface area (Å²) in [4.78, 5) is 0. The van der Waals surface area contributed by atoms with Gasteiger partial charge in [-0.3, -0.25) is 0 Å². The van der Waals surface area contributed by atoms with Gasteiger partial charge in [0.1, 0.15) is 0 Å². The third-order valence-corrected chi connectivity index (χ3v) is 12.2. The zero-order valence-corrected chi connectivity index (χ0v) is 30.1. The van der Waals surface area contributed by atoms with E-state index in [1.165, 1.54) is 93.4 Å². The maximum absolute atomic E-state index is 2.55. The molecule has 0 fully saturated rings. The molecule has 3 heteroatoms. The van der Waals surface area contributed by atoms with Crippen LogP contribution in [0.4, 0.5) is 0 Å². The van der Waals surface area contributed by atoms with E-state index in [1.807, 2.05) is 0 Å². The van der Waals surface area contributed by atoms with E-state index >= 15 is 0 Å². The summed E-state index contributed by atoms with van der Waals surface area (Å²) in [5.74, 6) is 0. The predicted octanol–water partition coefficient (Wildman–Crippen LogP) is 13.3. The maximum Gasteiger partial charge on any atom is 0.0641 e. The van der Waals surface area contributed by atoms with E-state index in [0.29, 0.717) is 0 Å². The average molecular weight is 690 g/mol. The van der Waals surface area contributed by atoms with Gasteiger partial charge in [-0.25, -0.2) is 0 Å². The van der Waals surface area contributed by atoms with Crippen molar-refractivity contribution in [2.24, 2.45) is 0 Å². The second-order valence-electron chi connectivity index (χ2n) is 15.3. The lowest BCUT2D eigenvalue weighted by molar-refractivity contribution is 0.660. The molecule has 0 bridgehead atoms. The van der Waals surface area contributed by atoms with Gasteiger partial charge in [0.25, 0.3) is 0 Å². The second-order valence-corrected chi connectivity index (χ2v) is 15.3. The van der Waals surface area contributed by atoms with E-state index < -0.39 is 0 Å². The first-order chi connectivity index (χ1) is 26.6. The molecule has 54 heavy (non-hydrogen) atoms. The third kappa shape index (κ3) is 3.75. The van der Waals surface area contributed by atoms with Crippen molar-refractivity contribution in [3.63, 3.8) is 0 Å². The first-order valence-electron chi connectivity index (χ1n) is 18.9. The van der Waals surface area contributed by atoms with Crippen LogP contribution in [0.1, 0.15) is 25.0 Å². The van der Waals surface area contributed by atoms with Crippen molar-refractivity contribution < 1.29 is 0 Å². The van der Waals surface area contributed by atoms with Gasteiger partial charge in [-0.05, 0) is 82.9 Å². The van der Waals surface area contributed by atoms with Crippen LogP contribution >= 0.6 is 0 Å². The lowest BCUT2D eigenvalue weighted by atomic mass is 9.82. The summed E-state index contributed by atoms with van der Waals surface area (Å²) in [6.07, 6.45) is 0. The van der Waals surface area contributed by atoms with Gasteiger partial charge in [0, 0.05) is 54.8 Å². The molecule has 0 atom stereocenters. The molecule has 12 rings (SSSR count). The highest BCUT2D eigenvalue weighted by Crippen LogP contribution is 2.50. The van der Waals surface area contributed by atoms with Crippen LogP contribution < -0.4 is 0 Å². The van der Waals surface area contributed by atoms with Crippen molar-refractivity contribution in [1.82, 2.24) is 13.7 Å². The van der Waals surface area contributed by atoms with Crippen LogP contribution in [-0.4, -0.2) is 13.7 Å². The van der Waals surface area contributed by atoms with Crippen LogP contribution in [0.2, 0.25) is 0 Å². The average Bonchev–Trinajstić information content (AvgIpc) is 3.92. The Morgan fingerprint density at radius 2 is 0.815 bits per heavy atom. The van der Waals surface area contributed by atoms with E-state index in [1.54, 1.807) is 0 Å². The van der Waals surface area contributed by atoms with Gasteiger partial charge in [0.15, 0.2) is 0 Å². The maximum atomic E-state index is 2.55. The van der Waals surface area contributed by atoms with Crippen LogP contribution in [0.5, 0.6) is 0 Å². The van der Waals surface area contributed by atoms with E-state index in [4.69, 9.17) is 0 Å². The lowest BCUT2D eigenvalue weighted by Crippen LogP contribution is -2.15. The number of rotatable bonds is 3. The van der Waals surface area contributed by atoms with Gasteiger partial charge < -0.3 is 13.7 Å². The molecule has 0 radical (unpaired) electrons. The molecule has 0 saturated carbocycles. The fourth-order valence-electron chi connectivity index (χ4n) is 9.90. The molecule has 11 aromatic rings. The molecule has 1 aliphatic rings. The standard InChI is InChI=1S/C51H35N3/c1-51(2)41-22-12-9-19-35(41)36-26-25-34(31-42(36)51)53-44-24-14-11-21-40(44)48-46(53)30-28-38-37-27-29-45-47(49(37)54(50(38)48)33-17-7-4-8-18-33)39-20-10-13-23-43(39)52(45)32-15-5-3-6-16-32/h3-31H,1-2H3. The summed E-state index contributed by atoms with van der Waals surface area (Å²) >= 11 is 0. The van der Waals surface area contributed by atoms with Crippen LogP contribution in [0.3, 0.4) is 0 Å². The van der Waals surface area contributed by atoms with Crippen molar-refractivity contribution in [2.75, 3.05) is 0 Å². The Morgan fingerprint density at radius 1 is 0.333 bits per heavy atom. The topological polar surface area (TPSA) is 14.8 Å². The van der Waals surface area contributed by atoms with E-state index in [0.717, 1.165) is 11.4 Å². The number of aromatic nitrogens is 3. The smallest absolute Gasteiger partial charge is 0.0641 e. The number of nitrogens with zero attached hydrogens (tertiary/aromatic N) is 3. The molecule has 8 aromatic carbocycles. The zero-order chi connectivity index (χ0) is 35.7. The van der Waals surface area contributed by atoms with Gasteiger partial charge in [-0.15, -0.1) is 0 Å². The van der Waals surface area contributed by atoms with Crippen molar-refractivity contribution in [1.29, 1.82) is 0 Å². The quantitative estimate of drug-likeness (QED) is 0.175. The monoisotopic (exact) mass is 689 g/mol. The molecule has 0 amide bonds. The van der Waals surface area contributed by atoms with E-state index in [2.05, 4.69) is 203 Å². The summed E-state index contributed by atoms with van der Waals surface area (Å²) in [7, 11) is 0. The molecule has 0 N–H and O–H groups in total. The summed E-state index contributed by atoms with van der Waals surface area (Å²) in [6.45, 7) is 4.73. The Morgan fingerprint density at radius 3 is 1.43 bits per heavy atom. The Kier molecular flexibility index (Phi) is 5.84. The van der Waals surface area contributed by atoms with Crippen LogP contribution in [0.25, 0.3) is 93.6 Å². The van der Waals surface area contributed by atoms with Gasteiger partial charge >= 0.3 is 0 Å². The molecule has 254 valence electrons. The summed E-state index contributed by atoms with van der Waals surface area (Å²) in [6, 6.07) is 65.0. The van der Waals surface area contributed by atoms with Crippen molar-refractivity contribution in [3.8, 4) is 28.2 Å². The largest absolute Gasteiger partial charge is 0.309 e. The van der Waals surface area contributed by atoms with Gasteiger partial charge in [0.2, 0.25) is 0 Å². The van der Waals surface area contributed by atoms with Gasteiger partial charge in [-0.1, -0.05) is 129 Å². The highest BCUT2D eigenvalue weighted by molar-refractivity contribution is 6.31. The molecule has 0 spiro atoms. The first kappa shape index (κ1) is 29.7. The minimum atomic E-state index is -0.0853. The molecular formula is C51H35N3. The fraction of sp³-hybridized carbons (Fsp3) is 0.0588. The second kappa shape index (κ2) is 10.6. The Labute approximate surface area is 312 Å². The molecule has 0 saturated heterocycles. The van der Waals surface area contributed by atoms with Crippen molar-refractivity contribution in [3.05, 3.63) is 187 Å². The number of para-hydroxylation sites is 4. The molecule has 3 heterocycles. The molecule has 0 aliphatic heterocycles. The van der Waals surface area contributed by atoms with Crippen LogP contribution in [0.15, 0.2) is 176 Å². The summed E-state index contributed by atoms with van der Waals surface area (Å²) in [5.41, 5.74) is 16.2. The van der Waals surface area contributed by atoms with Gasteiger partial charge in [-0.2, -0.15) is 0 Å². The highest BCUT2D eigenvalue weighted by atomic mass is 15.0. The molecule has 3 nitrogen and oxygen atoms in total.